The van der Waals surface area contributed by atoms with Crippen molar-refractivity contribution >= 4 is 43.7 Å². The van der Waals surface area contributed by atoms with Crippen LogP contribution in [0, 0.1) is 0 Å². The van der Waals surface area contributed by atoms with Crippen molar-refractivity contribution in [3.63, 3.8) is 0 Å². The molecule has 0 bridgehead atoms. The van der Waals surface area contributed by atoms with Gasteiger partial charge in [0.1, 0.15) is 5.52 Å². The van der Waals surface area contributed by atoms with E-state index in [1.807, 2.05) is 24.3 Å². The van der Waals surface area contributed by atoms with Crippen LogP contribution in [0.5, 0.6) is 0 Å². The Bertz CT molecular complexity index is 2410. The molecule has 0 aliphatic heterocycles. The van der Waals surface area contributed by atoms with Crippen molar-refractivity contribution in [1.29, 1.82) is 0 Å². The average molecular weight is 563 g/mol. The van der Waals surface area contributed by atoms with Gasteiger partial charge in [-0.25, -0.2) is 4.98 Å². The van der Waals surface area contributed by atoms with E-state index in [4.69, 9.17) is 4.42 Å². The lowest BCUT2D eigenvalue weighted by Crippen LogP contribution is -1.94. The lowest BCUT2D eigenvalue weighted by Gasteiger charge is -2.14. The molecule has 7 aromatic carbocycles. The summed E-state index contributed by atoms with van der Waals surface area (Å²) in [5, 5.41) is 4.99. The number of nitrogens with zero attached hydrogens (tertiary/aromatic N) is 2. The zero-order valence-electron chi connectivity index (χ0n) is 23.8. The molecule has 2 heterocycles. The first-order valence-corrected chi connectivity index (χ1v) is 14.9. The van der Waals surface area contributed by atoms with E-state index in [1.54, 1.807) is 0 Å². The summed E-state index contributed by atoms with van der Waals surface area (Å²) < 4.78 is 8.38. The molecule has 0 atom stereocenters. The third kappa shape index (κ3) is 3.87. The Hall–Kier alpha value is -5.93. The highest BCUT2D eigenvalue weighted by Crippen LogP contribution is 2.38. The van der Waals surface area contributed by atoms with Crippen LogP contribution in [0.3, 0.4) is 0 Å². The van der Waals surface area contributed by atoms with Crippen LogP contribution in [0.2, 0.25) is 0 Å². The first kappa shape index (κ1) is 24.6. The quantitative estimate of drug-likeness (QED) is 0.214. The minimum absolute atomic E-state index is 0.640. The molecular formula is C41H26N2O. The maximum atomic E-state index is 6.01. The number of aromatic nitrogens is 2. The van der Waals surface area contributed by atoms with Gasteiger partial charge in [0, 0.05) is 22.0 Å². The summed E-state index contributed by atoms with van der Waals surface area (Å²) in [7, 11) is 0. The maximum absolute atomic E-state index is 6.01. The van der Waals surface area contributed by atoms with Gasteiger partial charge in [-0.1, -0.05) is 109 Å². The molecule has 0 radical (unpaired) electrons. The van der Waals surface area contributed by atoms with E-state index in [1.165, 1.54) is 49.3 Å². The Morgan fingerprint density at radius 1 is 0.432 bits per heavy atom. The Morgan fingerprint density at radius 2 is 1.00 bits per heavy atom. The minimum Gasteiger partial charge on any atom is -0.436 e. The van der Waals surface area contributed by atoms with Gasteiger partial charge in [0.15, 0.2) is 5.58 Å². The fourth-order valence-electron chi connectivity index (χ4n) is 6.60. The standard InChI is InChI=1S/C41H26N2O/c1-2-13-34-32(29-10-9-11-30(26-29)43-38-17-6-3-14-35(38)36-15-4-7-18-39(36)43)25-24-31(33(34)12-1)27-20-22-28(23-21-27)41-42-37-16-5-8-19-40(37)44-41/h1-26H. The SMILES string of the molecule is c1cc(-c2ccc(-c3ccc(-c4nc5ccccc5o4)cc3)c3ccccc23)cc(-n2c3ccccc3c3ccccc32)c1. The van der Waals surface area contributed by atoms with E-state index in [0.717, 1.165) is 27.9 Å². The fourth-order valence-corrected chi connectivity index (χ4v) is 6.60. The summed E-state index contributed by atoms with van der Waals surface area (Å²) in [4.78, 5) is 4.67. The maximum Gasteiger partial charge on any atom is 0.227 e. The largest absolute Gasteiger partial charge is 0.436 e. The molecule has 0 saturated heterocycles. The monoisotopic (exact) mass is 562 g/mol. The molecule has 0 N–H and O–H groups in total. The molecule has 44 heavy (non-hydrogen) atoms. The second-order valence-electron chi connectivity index (χ2n) is 11.2. The summed E-state index contributed by atoms with van der Waals surface area (Å²) in [5.41, 5.74) is 11.0. The van der Waals surface area contributed by atoms with Crippen LogP contribution >= 0.6 is 0 Å². The van der Waals surface area contributed by atoms with Gasteiger partial charge in [-0.05, 0) is 81.6 Å². The summed E-state index contributed by atoms with van der Waals surface area (Å²) in [5.74, 6) is 0.640. The third-order valence-electron chi connectivity index (χ3n) is 8.66. The average Bonchev–Trinajstić information content (AvgIpc) is 3.68. The number of hydrogen-bond acceptors (Lipinski definition) is 2. The molecule has 9 rings (SSSR count). The highest BCUT2D eigenvalue weighted by atomic mass is 16.3. The van der Waals surface area contributed by atoms with Gasteiger partial charge in [0.05, 0.1) is 11.0 Å². The summed E-state index contributed by atoms with van der Waals surface area (Å²) in [6.07, 6.45) is 0. The van der Waals surface area contributed by atoms with Crippen molar-refractivity contribution in [3.8, 4) is 39.4 Å². The second kappa shape index (κ2) is 9.82. The van der Waals surface area contributed by atoms with Crippen molar-refractivity contribution in [2.45, 2.75) is 0 Å². The molecular weight excluding hydrogens is 536 g/mol. The number of fused-ring (bicyclic) bond motifs is 5. The van der Waals surface area contributed by atoms with Gasteiger partial charge < -0.3 is 8.98 Å². The molecule has 206 valence electrons. The molecule has 0 amide bonds. The third-order valence-corrected chi connectivity index (χ3v) is 8.66. The van der Waals surface area contributed by atoms with Crippen molar-refractivity contribution in [3.05, 3.63) is 158 Å². The number of hydrogen-bond donors (Lipinski definition) is 0. The molecule has 0 spiro atoms. The van der Waals surface area contributed by atoms with E-state index in [9.17, 15) is 0 Å². The van der Waals surface area contributed by atoms with E-state index in [2.05, 4.69) is 143 Å². The normalized spacial score (nSPS) is 11.6. The van der Waals surface area contributed by atoms with E-state index in [0.29, 0.717) is 5.89 Å². The molecule has 0 saturated carbocycles. The predicted octanol–water partition coefficient (Wildman–Crippen LogP) is 11.1. The molecule has 0 unspecified atom stereocenters. The first-order valence-electron chi connectivity index (χ1n) is 14.9. The van der Waals surface area contributed by atoms with Crippen molar-refractivity contribution < 1.29 is 4.42 Å². The molecule has 9 aromatic rings. The van der Waals surface area contributed by atoms with Crippen LogP contribution in [0.15, 0.2) is 162 Å². The Labute approximate surface area is 254 Å². The molecule has 3 heteroatoms. The minimum atomic E-state index is 0.640. The zero-order chi connectivity index (χ0) is 29.0. The van der Waals surface area contributed by atoms with Gasteiger partial charge in [-0.3, -0.25) is 0 Å². The Balaban J connectivity index is 1.14. The lowest BCUT2D eigenvalue weighted by molar-refractivity contribution is 0.620. The summed E-state index contributed by atoms with van der Waals surface area (Å²) in [6, 6.07) is 55.8. The Kier molecular flexibility index (Phi) is 5.50. The number of oxazole rings is 1. The number of rotatable bonds is 4. The van der Waals surface area contributed by atoms with Crippen LogP contribution in [-0.2, 0) is 0 Å². The van der Waals surface area contributed by atoms with Gasteiger partial charge >= 0.3 is 0 Å². The van der Waals surface area contributed by atoms with Crippen LogP contribution in [0.4, 0.5) is 0 Å². The van der Waals surface area contributed by atoms with E-state index < -0.39 is 0 Å². The van der Waals surface area contributed by atoms with Crippen molar-refractivity contribution in [1.82, 2.24) is 9.55 Å². The predicted molar refractivity (Wildman–Crippen MR) is 182 cm³/mol. The Morgan fingerprint density at radius 3 is 1.68 bits per heavy atom. The molecule has 0 aliphatic rings. The van der Waals surface area contributed by atoms with Gasteiger partial charge in [0.2, 0.25) is 5.89 Å². The summed E-state index contributed by atoms with van der Waals surface area (Å²) >= 11 is 0. The highest BCUT2D eigenvalue weighted by Gasteiger charge is 2.14. The molecule has 0 fully saturated rings. The van der Waals surface area contributed by atoms with Crippen molar-refractivity contribution in [2.24, 2.45) is 0 Å². The van der Waals surface area contributed by atoms with E-state index >= 15 is 0 Å². The summed E-state index contributed by atoms with van der Waals surface area (Å²) in [6.45, 7) is 0. The van der Waals surface area contributed by atoms with Crippen molar-refractivity contribution in [2.75, 3.05) is 0 Å². The molecule has 3 nitrogen and oxygen atoms in total. The zero-order valence-corrected chi connectivity index (χ0v) is 23.8. The van der Waals surface area contributed by atoms with Crippen LogP contribution in [0.1, 0.15) is 0 Å². The van der Waals surface area contributed by atoms with Crippen LogP contribution in [0.25, 0.3) is 83.1 Å². The fraction of sp³-hybridized carbons (Fsp3) is 0. The first-order chi connectivity index (χ1) is 21.8. The van der Waals surface area contributed by atoms with Crippen LogP contribution < -0.4 is 0 Å². The molecule has 2 aromatic heterocycles. The van der Waals surface area contributed by atoms with E-state index in [-0.39, 0.29) is 0 Å². The second-order valence-corrected chi connectivity index (χ2v) is 11.2. The van der Waals surface area contributed by atoms with Gasteiger partial charge in [0.25, 0.3) is 0 Å². The van der Waals surface area contributed by atoms with Gasteiger partial charge in [-0.2, -0.15) is 0 Å². The topological polar surface area (TPSA) is 31.0 Å². The molecule has 0 aliphatic carbocycles. The van der Waals surface area contributed by atoms with Gasteiger partial charge in [-0.15, -0.1) is 0 Å². The van der Waals surface area contributed by atoms with Crippen LogP contribution in [-0.4, -0.2) is 9.55 Å². The lowest BCUT2D eigenvalue weighted by atomic mass is 9.91. The number of benzene rings is 7. The number of para-hydroxylation sites is 4. The highest BCUT2D eigenvalue weighted by molar-refractivity contribution is 6.09. The smallest absolute Gasteiger partial charge is 0.227 e.